The van der Waals surface area contributed by atoms with Gasteiger partial charge in [-0.1, -0.05) is 0 Å². The summed E-state index contributed by atoms with van der Waals surface area (Å²) in [6.07, 6.45) is 8.25. The van der Waals surface area contributed by atoms with Crippen LogP contribution < -0.4 is 0 Å². The van der Waals surface area contributed by atoms with Crippen molar-refractivity contribution in [3.05, 3.63) is 0 Å². The van der Waals surface area contributed by atoms with E-state index in [2.05, 4.69) is 36.5 Å². The van der Waals surface area contributed by atoms with Gasteiger partial charge in [-0.15, -0.1) is 12.6 Å². The maximum absolute atomic E-state index is 13.0. The Bertz CT molecular complexity index is 553. The fourth-order valence-electron chi connectivity index (χ4n) is 6.68. The lowest BCUT2D eigenvalue weighted by molar-refractivity contribution is -0.179. The van der Waals surface area contributed by atoms with E-state index in [0.29, 0.717) is 24.2 Å². The Morgan fingerprint density at radius 3 is 1.59 bits per heavy atom. The fraction of sp³-hybridized carbons (Fsp3) is 0.900. The minimum absolute atomic E-state index is 0.0587. The highest BCUT2D eigenvalue weighted by molar-refractivity contribution is 7.96. The Hall–Kier alpha value is -0.630. The van der Waals surface area contributed by atoms with Gasteiger partial charge in [-0.2, -0.15) is 0 Å². The number of carboxylic acid groups (broad SMARTS) is 1. The molecule has 4 aliphatic heterocycles. The molecule has 0 spiro atoms. The van der Waals surface area contributed by atoms with Gasteiger partial charge in [0.25, 0.3) is 0 Å². The summed E-state index contributed by atoms with van der Waals surface area (Å²) in [6.45, 7) is -0.421. The van der Waals surface area contributed by atoms with Gasteiger partial charge in [0.1, 0.15) is 12.2 Å². The fourth-order valence-corrected chi connectivity index (χ4v) is 7.11. The minimum atomic E-state index is -1.06. The van der Waals surface area contributed by atoms with Crippen molar-refractivity contribution in [3.63, 3.8) is 0 Å². The number of hydrogen-bond acceptors (Lipinski definition) is 5. The molecule has 0 aromatic carbocycles. The summed E-state index contributed by atoms with van der Waals surface area (Å²) < 4.78 is 6.09. The van der Waals surface area contributed by atoms with Gasteiger partial charge < -0.3 is 19.6 Å². The first-order chi connectivity index (χ1) is 12.8. The van der Waals surface area contributed by atoms with E-state index in [0.717, 1.165) is 51.4 Å². The van der Waals surface area contributed by atoms with Crippen LogP contribution in [0, 0.1) is 11.8 Å². The number of carboxylic acids is 1. The molecule has 6 atom stereocenters. The number of carbonyl (C=O) groups is 2. The lowest BCUT2D eigenvalue weighted by atomic mass is 9.67. The van der Waals surface area contributed by atoms with Crippen molar-refractivity contribution in [2.24, 2.45) is 11.8 Å². The molecule has 0 aromatic heterocycles. The number of aliphatic carboxylic acids is 1. The lowest BCUT2D eigenvalue weighted by Gasteiger charge is -2.51. The molecule has 4 aliphatic rings. The van der Waals surface area contributed by atoms with E-state index in [-0.39, 0.29) is 17.0 Å². The van der Waals surface area contributed by atoms with Crippen molar-refractivity contribution in [1.82, 2.24) is 9.80 Å². The molecule has 4 fully saturated rings. The topological polar surface area (TPSA) is 70.1 Å². The van der Waals surface area contributed by atoms with Crippen molar-refractivity contribution in [3.8, 4) is 0 Å². The van der Waals surface area contributed by atoms with Crippen molar-refractivity contribution < 1.29 is 19.4 Å². The molecule has 1 N–H and O–H groups in total. The maximum atomic E-state index is 13.0. The molecule has 0 saturated carbocycles. The van der Waals surface area contributed by atoms with Gasteiger partial charge in [0, 0.05) is 24.2 Å². The normalized spacial score (nSPS) is 41.4. The van der Waals surface area contributed by atoms with Crippen molar-refractivity contribution >= 4 is 23.7 Å². The molecule has 0 radical (unpaired) electrons. The number of rotatable bonds is 6. The first-order valence-corrected chi connectivity index (χ1v) is 10.8. The van der Waals surface area contributed by atoms with Gasteiger partial charge in [0.05, 0.1) is 0 Å². The molecule has 4 rings (SSSR count). The third-order valence-corrected chi connectivity index (χ3v) is 8.53. The van der Waals surface area contributed by atoms with Crippen LogP contribution in [0.15, 0.2) is 0 Å². The highest BCUT2D eigenvalue weighted by Crippen LogP contribution is 2.51. The van der Waals surface area contributed by atoms with Crippen LogP contribution in [0.3, 0.4) is 0 Å². The first kappa shape index (κ1) is 19.7. The second-order valence-corrected chi connectivity index (χ2v) is 9.62. The SMILES string of the molecule is CN1[C@@H]2CC[C@H]1CC(C(OCC(=O)O)(C(=O)S)C1C[C@H]3CC[C@@H](C1)N3C)C2. The van der Waals surface area contributed by atoms with Gasteiger partial charge in [-0.05, 0) is 77.3 Å². The minimum Gasteiger partial charge on any atom is -0.480 e. The number of ether oxygens (including phenoxy) is 1. The number of carbonyl (C=O) groups excluding carboxylic acids is 1. The summed E-state index contributed by atoms with van der Waals surface area (Å²) in [7, 11) is 4.35. The summed E-state index contributed by atoms with van der Waals surface area (Å²) in [4.78, 5) is 29.3. The molecular weight excluding hydrogens is 364 g/mol. The summed E-state index contributed by atoms with van der Waals surface area (Å²) in [5, 5.41) is 9.04. The standard InChI is InChI=1S/C20H32N2O4S/c1-21-14-3-4-15(21)8-12(7-14)20(19(25)27,26-11-18(23)24)13-9-16-5-6-17(10-13)22(16)2/h12-17H,3-11H2,1-2H3,(H,23,24)(H,25,27)/t12?,13?,14-,15+,16-,17+,20?. The second kappa shape index (κ2) is 7.32. The molecule has 27 heavy (non-hydrogen) atoms. The van der Waals surface area contributed by atoms with Crippen LogP contribution in [0.25, 0.3) is 0 Å². The molecule has 4 bridgehead atoms. The van der Waals surface area contributed by atoms with Crippen LogP contribution in [0.5, 0.6) is 0 Å². The van der Waals surface area contributed by atoms with E-state index < -0.39 is 18.2 Å². The van der Waals surface area contributed by atoms with Crippen LogP contribution >= 0.6 is 12.6 Å². The van der Waals surface area contributed by atoms with Gasteiger partial charge in [-0.25, -0.2) is 4.79 Å². The molecule has 0 amide bonds. The zero-order valence-electron chi connectivity index (χ0n) is 16.3. The number of piperidine rings is 2. The van der Waals surface area contributed by atoms with Crippen molar-refractivity contribution in [2.45, 2.75) is 81.1 Å². The van der Waals surface area contributed by atoms with Gasteiger partial charge in [0.2, 0.25) is 5.12 Å². The van der Waals surface area contributed by atoms with E-state index in [1.54, 1.807) is 0 Å². The lowest BCUT2D eigenvalue weighted by Crippen LogP contribution is -2.60. The Morgan fingerprint density at radius 1 is 0.926 bits per heavy atom. The molecule has 0 aromatic rings. The van der Waals surface area contributed by atoms with Crippen LogP contribution in [0.1, 0.15) is 51.4 Å². The molecule has 4 heterocycles. The molecule has 0 aliphatic carbocycles. The highest BCUT2D eigenvalue weighted by atomic mass is 32.1. The molecule has 2 unspecified atom stereocenters. The summed E-state index contributed by atoms with van der Waals surface area (Å²) in [6, 6.07) is 1.88. The molecular formula is C20H32N2O4S. The van der Waals surface area contributed by atoms with Crippen molar-refractivity contribution in [2.75, 3.05) is 20.7 Å². The van der Waals surface area contributed by atoms with Crippen molar-refractivity contribution in [1.29, 1.82) is 0 Å². The first-order valence-electron chi connectivity index (χ1n) is 10.4. The zero-order chi connectivity index (χ0) is 19.3. The van der Waals surface area contributed by atoms with E-state index in [4.69, 9.17) is 4.74 Å². The Kier molecular flexibility index (Phi) is 5.33. The monoisotopic (exact) mass is 396 g/mol. The van der Waals surface area contributed by atoms with E-state index in [9.17, 15) is 14.7 Å². The predicted molar refractivity (Wildman–Crippen MR) is 105 cm³/mol. The Labute approximate surface area is 167 Å². The number of fused-ring (bicyclic) bond motifs is 4. The Morgan fingerprint density at radius 2 is 1.30 bits per heavy atom. The average molecular weight is 397 g/mol. The van der Waals surface area contributed by atoms with Gasteiger partial charge >= 0.3 is 5.97 Å². The number of thiol groups is 1. The Balaban J connectivity index is 1.66. The quantitative estimate of drug-likeness (QED) is 0.670. The van der Waals surface area contributed by atoms with Crippen LogP contribution in [0.2, 0.25) is 0 Å². The molecule has 152 valence electrons. The maximum Gasteiger partial charge on any atom is 0.329 e. The summed E-state index contributed by atoms with van der Waals surface area (Å²) >= 11 is 4.32. The van der Waals surface area contributed by atoms with E-state index in [1.807, 2.05) is 0 Å². The summed E-state index contributed by atoms with van der Waals surface area (Å²) in [5.74, 6) is -0.896. The van der Waals surface area contributed by atoms with Crippen LogP contribution in [0.4, 0.5) is 0 Å². The van der Waals surface area contributed by atoms with Gasteiger partial charge in [0.15, 0.2) is 0 Å². The number of nitrogens with zero attached hydrogens (tertiary/aromatic N) is 2. The average Bonchev–Trinajstić information content (AvgIpc) is 2.95. The third kappa shape index (κ3) is 3.24. The molecule has 6 nitrogen and oxygen atoms in total. The second-order valence-electron chi connectivity index (χ2n) is 9.22. The van der Waals surface area contributed by atoms with E-state index in [1.165, 1.54) is 0 Å². The molecule has 4 saturated heterocycles. The highest BCUT2D eigenvalue weighted by Gasteiger charge is 2.58. The van der Waals surface area contributed by atoms with Crippen LogP contribution in [-0.2, 0) is 14.3 Å². The largest absolute Gasteiger partial charge is 0.480 e. The molecule has 7 heteroatoms. The third-order valence-electron chi connectivity index (χ3n) is 8.18. The smallest absolute Gasteiger partial charge is 0.329 e. The number of hydrogen-bond donors (Lipinski definition) is 2. The van der Waals surface area contributed by atoms with Crippen LogP contribution in [-0.4, -0.2) is 76.5 Å². The predicted octanol–water partition coefficient (Wildman–Crippen LogP) is 2.03. The zero-order valence-corrected chi connectivity index (χ0v) is 17.2. The summed E-state index contributed by atoms with van der Waals surface area (Å²) in [5.41, 5.74) is -1.06. The van der Waals surface area contributed by atoms with Gasteiger partial charge in [-0.3, -0.25) is 4.79 Å². The van der Waals surface area contributed by atoms with E-state index >= 15 is 0 Å².